The highest BCUT2D eigenvalue weighted by Crippen LogP contribution is 2.20. The standard InChI is InChI=1S/C10H11N3O2/c14-5-3-9(15)13-8-6-12-10-7(8)2-1-4-11-10/h1-2,4,6,14H,3,5H2,(H,11,12)(H,13,15). The quantitative estimate of drug-likeness (QED) is 0.696. The zero-order valence-electron chi connectivity index (χ0n) is 8.03. The molecule has 3 N–H and O–H groups in total. The topological polar surface area (TPSA) is 78.0 Å². The van der Waals surface area contributed by atoms with E-state index in [0.717, 1.165) is 11.0 Å². The highest BCUT2D eigenvalue weighted by atomic mass is 16.3. The summed E-state index contributed by atoms with van der Waals surface area (Å²) >= 11 is 0. The minimum absolute atomic E-state index is 0.104. The SMILES string of the molecule is O=C(CCO)Nc1c[nH]c2ncccc12. The molecule has 0 aliphatic carbocycles. The Balaban J connectivity index is 2.25. The van der Waals surface area contributed by atoms with Crippen molar-refractivity contribution in [2.75, 3.05) is 11.9 Å². The number of carbonyl (C=O) groups is 1. The Morgan fingerprint density at radius 1 is 1.60 bits per heavy atom. The van der Waals surface area contributed by atoms with E-state index in [1.165, 1.54) is 0 Å². The van der Waals surface area contributed by atoms with Crippen LogP contribution < -0.4 is 5.32 Å². The smallest absolute Gasteiger partial charge is 0.226 e. The van der Waals surface area contributed by atoms with Crippen LogP contribution in [0.4, 0.5) is 5.69 Å². The van der Waals surface area contributed by atoms with Gasteiger partial charge < -0.3 is 15.4 Å². The molecule has 5 heteroatoms. The summed E-state index contributed by atoms with van der Waals surface area (Å²) in [4.78, 5) is 18.3. The Morgan fingerprint density at radius 3 is 3.27 bits per heavy atom. The fourth-order valence-corrected chi connectivity index (χ4v) is 1.37. The van der Waals surface area contributed by atoms with E-state index < -0.39 is 0 Å². The molecule has 5 nitrogen and oxygen atoms in total. The van der Waals surface area contributed by atoms with Gasteiger partial charge in [-0.2, -0.15) is 0 Å². The number of nitrogens with zero attached hydrogens (tertiary/aromatic N) is 1. The molecule has 0 spiro atoms. The largest absolute Gasteiger partial charge is 0.396 e. The van der Waals surface area contributed by atoms with Gasteiger partial charge in [0, 0.05) is 17.8 Å². The van der Waals surface area contributed by atoms with Gasteiger partial charge in [-0.05, 0) is 12.1 Å². The fourth-order valence-electron chi connectivity index (χ4n) is 1.37. The predicted octanol–water partition coefficient (Wildman–Crippen LogP) is 0.884. The van der Waals surface area contributed by atoms with Crippen LogP contribution in [0.1, 0.15) is 6.42 Å². The lowest BCUT2D eigenvalue weighted by Gasteiger charge is -2.01. The molecule has 2 heterocycles. The van der Waals surface area contributed by atoms with E-state index in [1.54, 1.807) is 18.5 Å². The Labute approximate surface area is 86.1 Å². The van der Waals surface area contributed by atoms with Crippen molar-refractivity contribution in [3.63, 3.8) is 0 Å². The van der Waals surface area contributed by atoms with Gasteiger partial charge in [0.15, 0.2) is 0 Å². The Hall–Kier alpha value is -1.88. The number of H-pyrrole nitrogens is 1. The normalized spacial score (nSPS) is 10.5. The minimum atomic E-state index is -0.206. The van der Waals surface area contributed by atoms with Crippen LogP contribution in [0.25, 0.3) is 11.0 Å². The van der Waals surface area contributed by atoms with Gasteiger partial charge in [-0.25, -0.2) is 4.98 Å². The highest BCUT2D eigenvalue weighted by molar-refractivity contribution is 6.00. The van der Waals surface area contributed by atoms with Crippen LogP contribution in [0, 0.1) is 0 Å². The maximum Gasteiger partial charge on any atom is 0.226 e. The van der Waals surface area contributed by atoms with Gasteiger partial charge in [0.1, 0.15) is 5.65 Å². The van der Waals surface area contributed by atoms with Crippen molar-refractivity contribution >= 4 is 22.6 Å². The number of amides is 1. The first-order valence-electron chi connectivity index (χ1n) is 4.64. The second kappa shape index (κ2) is 4.10. The number of carbonyl (C=O) groups excluding carboxylic acids is 1. The monoisotopic (exact) mass is 205 g/mol. The molecule has 78 valence electrons. The van der Waals surface area contributed by atoms with Crippen LogP contribution >= 0.6 is 0 Å². The molecule has 0 aliphatic heterocycles. The number of nitrogens with one attached hydrogen (secondary N) is 2. The van der Waals surface area contributed by atoms with Crippen molar-refractivity contribution < 1.29 is 9.90 Å². The summed E-state index contributed by atoms with van der Waals surface area (Å²) < 4.78 is 0. The molecule has 0 saturated heterocycles. The second-order valence-electron chi connectivity index (χ2n) is 3.12. The van der Waals surface area contributed by atoms with E-state index in [0.29, 0.717) is 5.69 Å². The van der Waals surface area contributed by atoms with E-state index in [2.05, 4.69) is 15.3 Å². The first-order chi connectivity index (χ1) is 7.31. The number of rotatable bonds is 3. The number of aromatic nitrogens is 2. The number of hydrogen-bond acceptors (Lipinski definition) is 3. The van der Waals surface area contributed by atoms with Crippen molar-refractivity contribution in [3.05, 3.63) is 24.5 Å². The zero-order valence-corrected chi connectivity index (χ0v) is 8.03. The third-order valence-electron chi connectivity index (χ3n) is 2.06. The van der Waals surface area contributed by atoms with E-state index in [-0.39, 0.29) is 18.9 Å². The number of aromatic amines is 1. The zero-order chi connectivity index (χ0) is 10.7. The van der Waals surface area contributed by atoms with Crippen LogP contribution in [0.5, 0.6) is 0 Å². The molecule has 0 saturated carbocycles. The van der Waals surface area contributed by atoms with E-state index in [1.807, 2.05) is 6.07 Å². The lowest BCUT2D eigenvalue weighted by molar-refractivity contribution is -0.116. The van der Waals surface area contributed by atoms with Gasteiger partial charge in [0.25, 0.3) is 0 Å². The van der Waals surface area contributed by atoms with Gasteiger partial charge >= 0.3 is 0 Å². The third-order valence-corrected chi connectivity index (χ3v) is 2.06. The molecule has 0 radical (unpaired) electrons. The molecule has 2 aromatic heterocycles. The van der Waals surface area contributed by atoms with E-state index in [4.69, 9.17) is 5.11 Å². The fraction of sp³-hybridized carbons (Fsp3) is 0.200. The van der Waals surface area contributed by atoms with Crippen molar-refractivity contribution in [1.82, 2.24) is 9.97 Å². The van der Waals surface area contributed by atoms with Crippen LogP contribution in [0.15, 0.2) is 24.5 Å². The van der Waals surface area contributed by atoms with Crippen molar-refractivity contribution in [2.45, 2.75) is 6.42 Å². The van der Waals surface area contributed by atoms with Crippen molar-refractivity contribution in [3.8, 4) is 0 Å². The number of aliphatic hydroxyl groups is 1. The van der Waals surface area contributed by atoms with Crippen molar-refractivity contribution in [2.24, 2.45) is 0 Å². The van der Waals surface area contributed by atoms with Crippen LogP contribution in [0.3, 0.4) is 0 Å². The van der Waals surface area contributed by atoms with E-state index in [9.17, 15) is 4.79 Å². The van der Waals surface area contributed by atoms with Crippen LogP contribution in [0.2, 0.25) is 0 Å². The molecule has 0 atom stereocenters. The molecule has 0 aromatic carbocycles. The molecule has 1 amide bonds. The number of hydrogen-bond donors (Lipinski definition) is 3. The summed E-state index contributed by atoms with van der Waals surface area (Å²) in [6.07, 6.45) is 3.47. The average Bonchev–Trinajstić information content (AvgIpc) is 2.62. The lowest BCUT2D eigenvalue weighted by Crippen LogP contribution is -2.12. The predicted molar refractivity (Wildman–Crippen MR) is 56.4 cm³/mol. The van der Waals surface area contributed by atoms with E-state index >= 15 is 0 Å². The van der Waals surface area contributed by atoms with Gasteiger partial charge in [-0.1, -0.05) is 0 Å². The third kappa shape index (κ3) is 1.97. The minimum Gasteiger partial charge on any atom is -0.396 e. The summed E-state index contributed by atoms with van der Waals surface area (Å²) in [7, 11) is 0. The molecular formula is C10H11N3O2. The summed E-state index contributed by atoms with van der Waals surface area (Å²) in [6.45, 7) is -0.146. The van der Waals surface area contributed by atoms with Gasteiger partial charge in [-0.15, -0.1) is 0 Å². The summed E-state index contributed by atoms with van der Waals surface area (Å²) in [5, 5.41) is 12.2. The molecule has 2 rings (SSSR count). The summed E-state index contributed by atoms with van der Waals surface area (Å²) in [5.41, 5.74) is 1.42. The maximum absolute atomic E-state index is 11.2. The van der Waals surface area contributed by atoms with Crippen molar-refractivity contribution in [1.29, 1.82) is 0 Å². The molecular weight excluding hydrogens is 194 g/mol. The number of fused-ring (bicyclic) bond motifs is 1. The summed E-state index contributed by atoms with van der Waals surface area (Å²) in [5.74, 6) is -0.206. The lowest BCUT2D eigenvalue weighted by atomic mass is 10.3. The van der Waals surface area contributed by atoms with Crippen LogP contribution in [-0.2, 0) is 4.79 Å². The maximum atomic E-state index is 11.2. The first kappa shape index (κ1) is 9.67. The van der Waals surface area contributed by atoms with Crippen LogP contribution in [-0.4, -0.2) is 27.6 Å². The number of pyridine rings is 1. The molecule has 0 unspecified atom stereocenters. The average molecular weight is 205 g/mol. The second-order valence-corrected chi connectivity index (χ2v) is 3.12. The molecule has 0 fully saturated rings. The molecule has 0 aliphatic rings. The molecule has 0 bridgehead atoms. The highest BCUT2D eigenvalue weighted by Gasteiger charge is 2.06. The molecule has 15 heavy (non-hydrogen) atoms. The van der Waals surface area contributed by atoms with Gasteiger partial charge in [0.05, 0.1) is 18.7 Å². The van der Waals surface area contributed by atoms with Gasteiger partial charge in [-0.3, -0.25) is 4.79 Å². The first-order valence-corrected chi connectivity index (χ1v) is 4.64. The van der Waals surface area contributed by atoms with Gasteiger partial charge in [0.2, 0.25) is 5.91 Å². The Kier molecular flexibility index (Phi) is 2.64. The Morgan fingerprint density at radius 2 is 2.47 bits per heavy atom. The Bertz CT molecular complexity index is 478. The molecule has 2 aromatic rings. The summed E-state index contributed by atoms with van der Waals surface area (Å²) in [6, 6.07) is 3.67. The number of aliphatic hydroxyl groups excluding tert-OH is 1. The number of anilines is 1.